The van der Waals surface area contributed by atoms with Gasteiger partial charge in [-0.15, -0.1) is 24.0 Å². The van der Waals surface area contributed by atoms with Gasteiger partial charge in [0.1, 0.15) is 0 Å². The van der Waals surface area contributed by atoms with Crippen molar-refractivity contribution in [2.24, 2.45) is 0 Å². The van der Waals surface area contributed by atoms with E-state index in [1.54, 1.807) is 24.3 Å². The molecule has 0 saturated carbocycles. The number of amidine groups is 1. The Kier molecular flexibility index (Phi) is 7.65. The molecule has 0 amide bonds. The molecule has 0 aliphatic rings. The molecule has 0 aliphatic carbocycles. The van der Waals surface area contributed by atoms with E-state index in [4.69, 9.17) is 33.3 Å². The van der Waals surface area contributed by atoms with Gasteiger partial charge in [-0.1, -0.05) is 53.2 Å². The summed E-state index contributed by atoms with van der Waals surface area (Å²) in [5.41, 5.74) is 0.683. The van der Waals surface area contributed by atoms with Gasteiger partial charge in [0.2, 0.25) is 0 Å². The van der Waals surface area contributed by atoms with Crippen LogP contribution in [0.15, 0.2) is 42.5 Å². The Balaban J connectivity index is 0.00000220. The molecule has 0 fully saturated rings. The normalized spacial score (nSPS) is 9.67. The first-order valence-corrected chi connectivity index (χ1v) is 7.70. The fourth-order valence-corrected chi connectivity index (χ4v) is 2.21. The van der Waals surface area contributed by atoms with Gasteiger partial charge in [0.15, 0.2) is 16.7 Å². The first kappa shape index (κ1) is 18.4. The molecule has 0 aliphatic heterocycles. The maximum Gasteiger partial charge on any atom is 0.164 e. The highest BCUT2D eigenvalue weighted by atomic mass is 127. The number of nitrogens with one attached hydrogen (secondary N) is 2. The van der Waals surface area contributed by atoms with Gasteiger partial charge in [0, 0.05) is 0 Å². The summed E-state index contributed by atoms with van der Waals surface area (Å²) in [7, 11) is 0. The highest BCUT2D eigenvalue weighted by molar-refractivity contribution is 14.0. The monoisotopic (exact) mass is 454 g/mol. The number of para-hydroxylation sites is 3. The van der Waals surface area contributed by atoms with Crippen LogP contribution in [-0.4, -0.2) is 11.4 Å². The van der Waals surface area contributed by atoms with E-state index in [2.05, 4.69) is 5.32 Å². The molecule has 2 rings (SSSR count). The smallest absolute Gasteiger partial charge is 0.164 e. The molecule has 7 heteroatoms. The largest absolute Gasteiger partial charge is 0.452 e. The average Bonchev–Trinajstić information content (AvgIpc) is 2.44. The number of ether oxygens (including phenoxy) is 1. The van der Waals surface area contributed by atoms with E-state index < -0.39 is 0 Å². The molecule has 0 unspecified atom stereocenters. The summed E-state index contributed by atoms with van der Waals surface area (Å²) in [6.45, 7) is 0. The van der Waals surface area contributed by atoms with Gasteiger partial charge in [-0.3, -0.25) is 5.41 Å². The van der Waals surface area contributed by atoms with Gasteiger partial charge in [-0.05, 0) is 30.5 Å². The molecule has 0 bridgehead atoms. The second-order valence-corrected chi connectivity index (χ2v) is 5.44. The van der Waals surface area contributed by atoms with Crippen molar-refractivity contribution in [1.82, 2.24) is 0 Å². The molecule has 0 aromatic heterocycles. The van der Waals surface area contributed by atoms with E-state index in [-0.39, 0.29) is 24.0 Å². The van der Waals surface area contributed by atoms with Crippen molar-refractivity contribution in [2.75, 3.05) is 11.6 Å². The molecule has 0 radical (unpaired) electrons. The summed E-state index contributed by atoms with van der Waals surface area (Å²) in [6.07, 6.45) is 1.82. The molecule has 2 aromatic carbocycles. The van der Waals surface area contributed by atoms with Crippen LogP contribution in [0, 0.1) is 5.41 Å². The fraction of sp³-hybridized carbons (Fsp3) is 0.0714. The van der Waals surface area contributed by atoms with Crippen molar-refractivity contribution in [3.63, 3.8) is 0 Å². The Hall–Kier alpha value is -0.630. The maximum absolute atomic E-state index is 7.68. The van der Waals surface area contributed by atoms with Crippen LogP contribution < -0.4 is 10.1 Å². The SMILES string of the molecule is CSC(=N)Nc1ccccc1Oc1c(Cl)cccc1Cl.I. The number of anilines is 1. The predicted molar refractivity (Wildman–Crippen MR) is 103 cm³/mol. The van der Waals surface area contributed by atoms with E-state index in [1.165, 1.54) is 11.8 Å². The third-order valence-corrected chi connectivity index (χ3v) is 3.58. The molecule has 0 atom stereocenters. The summed E-state index contributed by atoms with van der Waals surface area (Å²) >= 11 is 13.5. The minimum absolute atomic E-state index is 0. The Labute approximate surface area is 154 Å². The van der Waals surface area contributed by atoms with Crippen molar-refractivity contribution in [1.29, 1.82) is 5.41 Å². The van der Waals surface area contributed by atoms with Gasteiger partial charge < -0.3 is 10.1 Å². The Bertz CT molecular complexity index is 620. The fourth-order valence-electron chi connectivity index (χ4n) is 1.52. The van der Waals surface area contributed by atoms with E-state index in [1.807, 2.05) is 24.5 Å². The third-order valence-electron chi connectivity index (χ3n) is 2.47. The van der Waals surface area contributed by atoms with Crippen LogP contribution in [0.1, 0.15) is 0 Å². The zero-order valence-electron chi connectivity index (χ0n) is 11.0. The summed E-state index contributed by atoms with van der Waals surface area (Å²) in [5, 5.41) is 11.8. The summed E-state index contributed by atoms with van der Waals surface area (Å²) < 4.78 is 5.78. The lowest BCUT2D eigenvalue weighted by atomic mass is 10.3. The number of hydrogen-bond acceptors (Lipinski definition) is 3. The van der Waals surface area contributed by atoms with Crippen molar-refractivity contribution in [2.45, 2.75) is 0 Å². The lowest BCUT2D eigenvalue weighted by molar-refractivity contribution is 0.485. The third kappa shape index (κ3) is 4.95. The van der Waals surface area contributed by atoms with Gasteiger partial charge in [-0.25, -0.2) is 0 Å². The van der Waals surface area contributed by atoms with E-state index in [0.717, 1.165) is 0 Å². The van der Waals surface area contributed by atoms with Gasteiger partial charge in [0.25, 0.3) is 0 Å². The molecule has 0 saturated heterocycles. The van der Waals surface area contributed by atoms with Crippen LogP contribution in [-0.2, 0) is 0 Å². The van der Waals surface area contributed by atoms with E-state index in [0.29, 0.717) is 32.4 Å². The van der Waals surface area contributed by atoms with Crippen LogP contribution in [0.3, 0.4) is 0 Å². The number of hydrogen-bond donors (Lipinski definition) is 2. The van der Waals surface area contributed by atoms with Crippen molar-refractivity contribution in [3.05, 3.63) is 52.5 Å². The van der Waals surface area contributed by atoms with Crippen LogP contribution in [0.25, 0.3) is 0 Å². The molecule has 112 valence electrons. The minimum atomic E-state index is 0. The lowest BCUT2D eigenvalue weighted by Crippen LogP contribution is -2.06. The predicted octanol–water partition coefficient (Wildman–Crippen LogP) is 6.11. The second kappa shape index (κ2) is 8.73. The van der Waals surface area contributed by atoms with Gasteiger partial charge in [0.05, 0.1) is 15.7 Å². The second-order valence-electron chi connectivity index (χ2n) is 3.81. The standard InChI is InChI=1S/C14H12Cl2N2OS.HI/c1-20-14(17)18-11-7-2-3-8-12(11)19-13-9(15)5-4-6-10(13)16;/h2-8H,1H3,(H2,17,18);1H. The average molecular weight is 455 g/mol. The topological polar surface area (TPSA) is 45.1 Å². The molecule has 21 heavy (non-hydrogen) atoms. The van der Waals surface area contributed by atoms with Crippen LogP contribution in [0.5, 0.6) is 11.5 Å². The lowest BCUT2D eigenvalue weighted by Gasteiger charge is -2.14. The Morgan fingerprint density at radius 2 is 1.71 bits per heavy atom. The van der Waals surface area contributed by atoms with Crippen LogP contribution in [0.4, 0.5) is 5.69 Å². The number of thioether (sulfide) groups is 1. The quantitative estimate of drug-likeness (QED) is 0.334. The summed E-state index contributed by atoms with van der Waals surface area (Å²) in [6, 6.07) is 12.5. The molecular weight excluding hydrogens is 442 g/mol. The first-order valence-electron chi connectivity index (χ1n) is 5.72. The van der Waals surface area contributed by atoms with E-state index >= 15 is 0 Å². The maximum atomic E-state index is 7.68. The molecule has 0 heterocycles. The highest BCUT2D eigenvalue weighted by Gasteiger charge is 2.11. The zero-order valence-corrected chi connectivity index (χ0v) is 15.7. The summed E-state index contributed by atoms with van der Waals surface area (Å²) in [4.78, 5) is 0. The minimum Gasteiger partial charge on any atom is -0.452 e. The molecular formula is C14H13Cl2IN2OS. The number of halogens is 3. The number of rotatable bonds is 3. The molecule has 3 nitrogen and oxygen atoms in total. The van der Waals surface area contributed by atoms with E-state index in [9.17, 15) is 0 Å². The molecule has 2 aromatic rings. The van der Waals surface area contributed by atoms with Crippen molar-refractivity contribution < 1.29 is 4.74 Å². The summed E-state index contributed by atoms with van der Waals surface area (Å²) in [5.74, 6) is 0.960. The van der Waals surface area contributed by atoms with Crippen LogP contribution >= 0.6 is 58.9 Å². The van der Waals surface area contributed by atoms with Crippen molar-refractivity contribution >= 4 is 69.8 Å². The number of benzene rings is 2. The van der Waals surface area contributed by atoms with Crippen molar-refractivity contribution in [3.8, 4) is 11.5 Å². The zero-order chi connectivity index (χ0) is 14.5. The molecule has 0 spiro atoms. The Morgan fingerprint density at radius 1 is 1.10 bits per heavy atom. The Morgan fingerprint density at radius 3 is 2.33 bits per heavy atom. The highest BCUT2D eigenvalue weighted by Crippen LogP contribution is 2.38. The van der Waals surface area contributed by atoms with Crippen LogP contribution in [0.2, 0.25) is 10.0 Å². The van der Waals surface area contributed by atoms with Gasteiger partial charge >= 0.3 is 0 Å². The van der Waals surface area contributed by atoms with Gasteiger partial charge in [-0.2, -0.15) is 0 Å². The first-order chi connectivity index (χ1) is 9.61. The molecule has 2 N–H and O–H groups in total.